The molecule has 2 nitrogen and oxygen atoms in total. The number of nitrogens with zero attached hydrogens (tertiary/aromatic N) is 1. The van der Waals surface area contributed by atoms with Crippen molar-refractivity contribution in [1.29, 1.82) is 0 Å². The van der Waals surface area contributed by atoms with Gasteiger partial charge in [-0.1, -0.05) is 30.3 Å². The Balaban J connectivity index is 1.99. The molecular weight excluding hydrogens is 198 g/mol. The molecule has 0 aliphatic carbocycles. The first-order valence-electron chi connectivity index (χ1n) is 6.29. The van der Waals surface area contributed by atoms with Crippen LogP contribution in [0.25, 0.3) is 0 Å². The van der Waals surface area contributed by atoms with E-state index in [0.717, 1.165) is 13.2 Å². The summed E-state index contributed by atoms with van der Waals surface area (Å²) in [5.41, 5.74) is 1.30. The Bertz CT molecular complexity index is 293. The highest BCUT2D eigenvalue weighted by molar-refractivity contribution is 5.18. The molecule has 1 aromatic rings. The van der Waals surface area contributed by atoms with Gasteiger partial charge in [-0.15, -0.1) is 0 Å². The van der Waals surface area contributed by atoms with Gasteiger partial charge in [-0.25, -0.2) is 0 Å². The van der Waals surface area contributed by atoms with E-state index in [1.807, 2.05) is 0 Å². The predicted octanol–water partition coefficient (Wildman–Crippen LogP) is 2.86. The Morgan fingerprint density at radius 3 is 2.50 bits per heavy atom. The van der Waals surface area contributed by atoms with E-state index in [-0.39, 0.29) is 6.10 Å². The van der Waals surface area contributed by atoms with Crippen LogP contribution in [0.5, 0.6) is 0 Å². The zero-order valence-corrected chi connectivity index (χ0v) is 10.1. The van der Waals surface area contributed by atoms with Crippen LogP contribution in [-0.2, 0) is 4.74 Å². The van der Waals surface area contributed by atoms with Crippen LogP contribution in [-0.4, -0.2) is 31.1 Å². The molecule has 1 fully saturated rings. The molecular formula is C14H21NO. The van der Waals surface area contributed by atoms with Gasteiger partial charge < -0.3 is 9.64 Å². The van der Waals surface area contributed by atoms with Gasteiger partial charge in [0, 0.05) is 13.2 Å². The van der Waals surface area contributed by atoms with Crippen LogP contribution in [0.4, 0.5) is 0 Å². The zero-order chi connectivity index (χ0) is 11.2. The van der Waals surface area contributed by atoms with E-state index in [1.165, 1.54) is 31.5 Å². The Morgan fingerprint density at radius 1 is 1.19 bits per heavy atom. The fraction of sp³-hybridized carbons (Fsp3) is 0.571. The molecule has 1 aliphatic rings. The van der Waals surface area contributed by atoms with Crippen LogP contribution < -0.4 is 0 Å². The molecule has 16 heavy (non-hydrogen) atoms. The summed E-state index contributed by atoms with van der Waals surface area (Å²) in [4.78, 5) is 2.51. The van der Waals surface area contributed by atoms with Gasteiger partial charge in [-0.3, -0.25) is 0 Å². The van der Waals surface area contributed by atoms with Crippen LogP contribution in [0.15, 0.2) is 30.3 Å². The molecule has 1 saturated heterocycles. The lowest BCUT2D eigenvalue weighted by atomic mass is 10.1. The Kier molecular flexibility index (Phi) is 4.37. The van der Waals surface area contributed by atoms with Gasteiger partial charge in [0.15, 0.2) is 0 Å². The molecule has 2 rings (SSSR count). The summed E-state index contributed by atoms with van der Waals surface area (Å²) in [5, 5.41) is 0. The van der Waals surface area contributed by atoms with Gasteiger partial charge >= 0.3 is 0 Å². The van der Waals surface area contributed by atoms with E-state index in [4.69, 9.17) is 4.74 Å². The number of hydrogen-bond acceptors (Lipinski definition) is 2. The summed E-state index contributed by atoms with van der Waals surface area (Å²) in [6.07, 6.45) is 2.92. The molecule has 2 heteroatoms. The van der Waals surface area contributed by atoms with Crippen LogP contribution >= 0.6 is 0 Å². The van der Waals surface area contributed by atoms with Crippen molar-refractivity contribution >= 4 is 0 Å². The molecule has 1 aromatic carbocycles. The van der Waals surface area contributed by atoms with Crippen molar-refractivity contribution in [1.82, 2.24) is 4.90 Å². The Morgan fingerprint density at radius 2 is 1.88 bits per heavy atom. The minimum atomic E-state index is 0.240. The van der Waals surface area contributed by atoms with Gasteiger partial charge in [0.05, 0.1) is 6.10 Å². The lowest BCUT2D eigenvalue weighted by Gasteiger charge is -2.23. The van der Waals surface area contributed by atoms with Crippen molar-refractivity contribution in [2.45, 2.75) is 25.9 Å². The molecule has 88 valence electrons. The van der Waals surface area contributed by atoms with Gasteiger partial charge in [-0.2, -0.15) is 0 Å². The van der Waals surface area contributed by atoms with Crippen molar-refractivity contribution in [3.63, 3.8) is 0 Å². The molecule has 0 saturated carbocycles. The average molecular weight is 219 g/mol. The second kappa shape index (κ2) is 6.02. The third-order valence-electron chi connectivity index (χ3n) is 3.16. The first-order valence-corrected chi connectivity index (χ1v) is 6.29. The highest BCUT2D eigenvalue weighted by Crippen LogP contribution is 2.20. The summed E-state index contributed by atoms with van der Waals surface area (Å²) >= 11 is 0. The topological polar surface area (TPSA) is 12.5 Å². The Hall–Kier alpha value is -0.860. The summed E-state index contributed by atoms with van der Waals surface area (Å²) < 4.78 is 5.85. The van der Waals surface area contributed by atoms with Crippen molar-refractivity contribution in [2.75, 3.05) is 26.2 Å². The molecule has 1 heterocycles. The van der Waals surface area contributed by atoms with Crippen LogP contribution in [0, 0.1) is 0 Å². The molecule has 0 bridgehead atoms. The van der Waals surface area contributed by atoms with Crippen LogP contribution in [0.3, 0.4) is 0 Å². The molecule has 0 spiro atoms. The number of ether oxygens (including phenoxy) is 1. The first-order chi connectivity index (χ1) is 7.90. The maximum absolute atomic E-state index is 5.85. The van der Waals surface area contributed by atoms with Crippen molar-refractivity contribution in [2.24, 2.45) is 0 Å². The van der Waals surface area contributed by atoms with Crippen molar-refractivity contribution in [3.05, 3.63) is 35.9 Å². The number of hydrogen-bond donors (Lipinski definition) is 0. The summed E-state index contributed by atoms with van der Waals surface area (Å²) in [6.45, 7) is 6.36. The summed E-state index contributed by atoms with van der Waals surface area (Å²) in [6, 6.07) is 10.6. The average Bonchev–Trinajstić information content (AvgIpc) is 2.83. The van der Waals surface area contributed by atoms with Gasteiger partial charge in [0.1, 0.15) is 0 Å². The monoisotopic (exact) mass is 219 g/mol. The van der Waals surface area contributed by atoms with E-state index in [0.29, 0.717) is 0 Å². The zero-order valence-electron chi connectivity index (χ0n) is 10.1. The molecule has 0 N–H and O–H groups in total. The number of likely N-dealkylation sites (tertiary alicyclic amines) is 1. The third kappa shape index (κ3) is 3.06. The summed E-state index contributed by atoms with van der Waals surface area (Å²) in [5.74, 6) is 0. The standard InChI is InChI=1S/C14H21NO/c1-2-16-14(12-15-10-6-7-11-15)13-8-4-3-5-9-13/h3-5,8-9,14H,2,6-7,10-12H2,1H3. The smallest absolute Gasteiger partial charge is 0.0951 e. The quantitative estimate of drug-likeness (QED) is 0.755. The van der Waals surface area contributed by atoms with Crippen LogP contribution in [0.1, 0.15) is 31.4 Å². The molecule has 1 atom stereocenters. The maximum Gasteiger partial charge on any atom is 0.0951 e. The van der Waals surface area contributed by atoms with Gasteiger partial charge in [0.2, 0.25) is 0 Å². The highest BCUT2D eigenvalue weighted by atomic mass is 16.5. The SMILES string of the molecule is CCOC(CN1CCCC1)c1ccccc1. The fourth-order valence-electron chi connectivity index (χ4n) is 2.32. The normalized spacial score (nSPS) is 18.8. The lowest BCUT2D eigenvalue weighted by molar-refractivity contribution is 0.0379. The first kappa shape index (κ1) is 11.6. The molecule has 0 amide bonds. The summed E-state index contributed by atoms with van der Waals surface area (Å²) in [7, 11) is 0. The third-order valence-corrected chi connectivity index (χ3v) is 3.16. The highest BCUT2D eigenvalue weighted by Gasteiger charge is 2.18. The van der Waals surface area contributed by atoms with E-state index < -0.39 is 0 Å². The fourth-order valence-corrected chi connectivity index (χ4v) is 2.32. The Labute approximate surface area is 98.2 Å². The number of benzene rings is 1. The van der Waals surface area contributed by atoms with Crippen molar-refractivity contribution < 1.29 is 4.74 Å². The van der Waals surface area contributed by atoms with E-state index in [9.17, 15) is 0 Å². The molecule has 0 aromatic heterocycles. The number of rotatable bonds is 5. The second-order valence-electron chi connectivity index (χ2n) is 4.36. The van der Waals surface area contributed by atoms with Gasteiger partial charge in [-0.05, 0) is 38.4 Å². The second-order valence-corrected chi connectivity index (χ2v) is 4.36. The van der Waals surface area contributed by atoms with E-state index in [2.05, 4.69) is 42.2 Å². The van der Waals surface area contributed by atoms with E-state index in [1.54, 1.807) is 0 Å². The minimum Gasteiger partial charge on any atom is -0.372 e. The maximum atomic E-state index is 5.85. The molecule has 1 aliphatic heterocycles. The van der Waals surface area contributed by atoms with E-state index >= 15 is 0 Å². The lowest BCUT2D eigenvalue weighted by Crippen LogP contribution is -2.27. The largest absolute Gasteiger partial charge is 0.372 e. The van der Waals surface area contributed by atoms with Crippen LogP contribution in [0.2, 0.25) is 0 Å². The molecule has 1 unspecified atom stereocenters. The predicted molar refractivity (Wildman–Crippen MR) is 66.5 cm³/mol. The van der Waals surface area contributed by atoms with Gasteiger partial charge in [0.25, 0.3) is 0 Å². The van der Waals surface area contributed by atoms with Crippen molar-refractivity contribution in [3.8, 4) is 0 Å². The molecule has 0 radical (unpaired) electrons. The minimum absolute atomic E-state index is 0.240.